The quantitative estimate of drug-likeness (QED) is 0.847. The summed E-state index contributed by atoms with van der Waals surface area (Å²) in [4.78, 5) is 17.1. The molecule has 116 valence electrons. The molecule has 1 atom stereocenters. The number of hydrogen-bond donors (Lipinski definition) is 1. The van der Waals surface area contributed by atoms with E-state index >= 15 is 0 Å². The fraction of sp³-hybridized carbons (Fsp3) is 0.562. The maximum atomic E-state index is 11.6. The lowest BCUT2D eigenvalue weighted by Crippen LogP contribution is -2.49. The number of piperazine rings is 1. The molecule has 1 aliphatic rings. The second-order valence-electron chi connectivity index (χ2n) is 5.44. The van der Waals surface area contributed by atoms with Crippen molar-refractivity contribution in [1.82, 2.24) is 4.90 Å². The van der Waals surface area contributed by atoms with Crippen LogP contribution in [0.1, 0.15) is 30.6 Å². The van der Waals surface area contributed by atoms with Crippen LogP contribution in [0, 0.1) is 0 Å². The minimum Gasteiger partial charge on any atom is -0.478 e. The molecule has 1 aromatic rings. The molecule has 1 saturated heterocycles. The molecule has 0 spiro atoms. The van der Waals surface area contributed by atoms with Gasteiger partial charge in [0.15, 0.2) is 0 Å². The first-order valence-electron chi connectivity index (χ1n) is 7.47. The number of hydrogen-bond acceptors (Lipinski definition) is 4. The van der Waals surface area contributed by atoms with Gasteiger partial charge >= 0.3 is 5.97 Å². The van der Waals surface area contributed by atoms with E-state index in [1.54, 1.807) is 0 Å². The van der Waals surface area contributed by atoms with Gasteiger partial charge in [-0.15, -0.1) is 11.8 Å². The van der Waals surface area contributed by atoms with E-state index in [9.17, 15) is 9.90 Å². The van der Waals surface area contributed by atoms with Crippen molar-refractivity contribution in [2.24, 2.45) is 0 Å². The highest BCUT2D eigenvalue weighted by Crippen LogP contribution is 2.30. The number of carbonyl (C=O) groups is 1. The molecule has 1 heterocycles. The van der Waals surface area contributed by atoms with Crippen LogP contribution in [-0.2, 0) is 0 Å². The minimum atomic E-state index is -0.834. The van der Waals surface area contributed by atoms with Crippen molar-refractivity contribution in [3.63, 3.8) is 0 Å². The van der Waals surface area contributed by atoms with E-state index in [1.165, 1.54) is 11.8 Å². The maximum absolute atomic E-state index is 11.6. The summed E-state index contributed by atoms with van der Waals surface area (Å²) in [6.07, 6.45) is 3.08. The van der Waals surface area contributed by atoms with E-state index < -0.39 is 5.97 Å². The zero-order valence-electron chi connectivity index (χ0n) is 13.0. The van der Waals surface area contributed by atoms with E-state index in [1.807, 2.05) is 24.5 Å². The van der Waals surface area contributed by atoms with E-state index in [2.05, 4.69) is 23.6 Å². The summed E-state index contributed by atoms with van der Waals surface area (Å²) in [5.41, 5.74) is 1.31. The SMILES string of the molecule is CCC(C)N1CCN(c2cccc(SC)c2C(=O)O)CC1. The molecule has 0 amide bonds. The van der Waals surface area contributed by atoms with Gasteiger partial charge in [-0.05, 0) is 31.7 Å². The largest absolute Gasteiger partial charge is 0.478 e. The summed E-state index contributed by atoms with van der Waals surface area (Å²) < 4.78 is 0. The third-order valence-corrected chi connectivity index (χ3v) is 5.09. The normalized spacial score (nSPS) is 17.8. The van der Waals surface area contributed by atoms with Crippen LogP contribution in [0.2, 0.25) is 0 Å². The summed E-state index contributed by atoms with van der Waals surface area (Å²) >= 11 is 1.49. The number of anilines is 1. The Morgan fingerprint density at radius 3 is 2.52 bits per heavy atom. The number of benzene rings is 1. The highest BCUT2D eigenvalue weighted by molar-refractivity contribution is 7.98. The van der Waals surface area contributed by atoms with Gasteiger partial charge in [0, 0.05) is 37.1 Å². The van der Waals surface area contributed by atoms with Crippen molar-refractivity contribution in [2.45, 2.75) is 31.2 Å². The van der Waals surface area contributed by atoms with Gasteiger partial charge in [0.25, 0.3) is 0 Å². The molecule has 1 aliphatic heterocycles. The molecular weight excluding hydrogens is 284 g/mol. The van der Waals surface area contributed by atoms with Crippen LogP contribution < -0.4 is 4.90 Å². The molecule has 1 N–H and O–H groups in total. The van der Waals surface area contributed by atoms with E-state index in [4.69, 9.17) is 0 Å². The van der Waals surface area contributed by atoms with E-state index in [0.29, 0.717) is 11.6 Å². The first-order valence-corrected chi connectivity index (χ1v) is 8.70. The summed E-state index contributed by atoms with van der Waals surface area (Å²) in [5.74, 6) is -0.834. The van der Waals surface area contributed by atoms with Crippen LogP contribution >= 0.6 is 11.8 Å². The lowest BCUT2D eigenvalue weighted by molar-refractivity contribution is 0.0693. The fourth-order valence-electron chi connectivity index (χ4n) is 2.83. The van der Waals surface area contributed by atoms with Crippen LogP contribution in [0.25, 0.3) is 0 Å². The molecule has 0 radical (unpaired) electrons. The van der Waals surface area contributed by atoms with Crippen LogP contribution in [0.15, 0.2) is 23.1 Å². The average molecular weight is 308 g/mol. The van der Waals surface area contributed by atoms with Gasteiger partial charge in [-0.25, -0.2) is 4.79 Å². The highest BCUT2D eigenvalue weighted by atomic mass is 32.2. The second-order valence-corrected chi connectivity index (χ2v) is 6.29. The molecule has 0 aliphatic carbocycles. The van der Waals surface area contributed by atoms with E-state index in [-0.39, 0.29) is 0 Å². The Labute approximate surface area is 131 Å². The Morgan fingerprint density at radius 1 is 1.33 bits per heavy atom. The second kappa shape index (κ2) is 7.18. The Balaban J connectivity index is 2.19. The van der Waals surface area contributed by atoms with Crippen molar-refractivity contribution in [1.29, 1.82) is 0 Å². The zero-order valence-corrected chi connectivity index (χ0v) is 13.8. The topological polar surface area (TPSA) is 43.8 Å². The standard InChI is InChI=1S/C16H24N2O2S/c1-4-12(2)17-8-10-18(11-9-17)13-6-5-7-14(21-3)15(13)16(19)20/h5-7,12H,4,8-11H2,1-3H3,(H,19,20). The lowest BCUT2D eigenvalue weighted by Gasteiger charge is -2.39. The van der Waals surface area contributed by atoms with Crippen LogP contribution in [-0.4, -0.2) is 54.5 Å². The first kappa shape index (κ1) is 16.2. The van der Waals surface area contributed by atoms with Gasteiger partial charge in [-0.1, -0.05) is 13.0 Å². The van der Waals surface area contributed by atoms with Gasteiger partial charge < -0.3 is 10.0 Å². The third kappa shape index (κ3) is 3.52. The molecule has 5 heteroatoms. The smallest absolute Gasteiger partial charge is 0.338 e. The Hall–Kier alpha value is -1.20. The van der Waals surface area contributed by atoms with Crippen molar-refractivity contribution in [3.8, 4) is 0 Å². The van der Waals surface area contributed by atoms with Crippen LogP contribution in [0.4, 0.5) is 5.69 Å². The lowest BCUT2D eigenvalue weighted by atomic mass is 10.1. The molecular formula is C16H24N2O2S. The van der Waals surface area contributed by atoms with Gasteiger partial charge in [-0.3, -0.25) is 4.90 Å². The molecule has 1 fully saturated rings. The van der Waals surface area contributed by atoms with Gasteiger partial charge in [-0.2, -0.15) is 0 Å². The number of nitrogens with zero attached hydrogens (tertiary/aromatic N) is 2. The Kier molecular flexibility index (Phi) is 5.53. The fourth-order valence-corrected chi connectivity index (χ4v) is 3.44. The van der Waals surface area contributed by atoms with E-state index in [0.717, 1.165) is 43.2 Å². The molecule has 0 bridgehead atoms. The summed E-state index contributed by atoms with van der Waals surface area (Å²) in [6, 6.07) is 6.37. The minimum absolute atomic E-state index is 0.446. The molecule has 1 aromatic carbocycles. The Bertz CT molecular complexity index is 499. The number of thioether (sulfide) groups is 1. The zero-order chi connectivity index (χ0) is 15.4. The Morgan fingerprint density at radius 2 is 2.00 bits per heavy atom. The van der Waals surface area contributed by atoms with Crippen molar-refractivity contribution in [2.75, 3.05) is 37.3 Å². The predicted molar refractivity (Wildman–Crippen MR) is 88.7 cm³/mol. The molecule has 2 rings (SSSR count). The molecule has 0 saturated carbocycles. The average Bonchev–Trinajstić information content (AvgIpc) is 2.53. The number of rotatable bonds is 5. The first-order chi connectivity index (χ1) is 10.1. The number of carboxylic acid groups (broad SMARTS) is 1. The number of aromatic carboxylic acids is 1. The van der Waals surface area contributed by atoms with Crippen LogP contribution in [0.5, 0.6) is 0 Å². The maximum Gasteiger partial charge on any atom is 0.338 e. The van der Waals surface area contributed by atoms with Gasteiger partial charge in [0.2, 0.25) is 0 Å². The van der Waals surface area contributed by atoms with Crippen molar-refractivity contribution in [3.05, 3.63) is 23.8 Å². The molecule has 1 unspecified atom stereocenters. The predicted octanol–water partition coefficient (Wildman–Crippen LogP) is 3.03. The molecule has 0 aromatic heterocycles. The van der Waals surface area contributed by atoms with Crippen molar-refractivity contribution < 1.29 is 9.90 Å². The summed E-state index contributed by atoms with van der Waals surface area (Å²) in [6.45, 7) is 8.24. The highest BCUT2D eigenvalue weighted by Gasteiger charge is 2.24. The summed E-state index contributed by atoms with van der Waals surface area (Å²) in [5, 5.41) is 9.54. The summed E-state index contributed by atoms with van der Waals surface area (Å²) in [7, 11) is 0. The van der Waals surface area contributed by atoms with Gasteiger partial charge in [0.05, 0.1) is 11.3 Å². The third-order valence-electron chi connectivity index (χ3n) is 4.31. The van der Waals surface area contributed by atoms with Crippen LogP contribution in [0.3, 0.4) is 0 Å². The molecule has 4 nitrogen and oxygen atoms in total. The van der Waals surface area contributed by atoms with Crippen molar-refractivity contribution >= 4 is 23.4 Å². The monoisotopic (exact) mass is 308 g/mol. The van der Waals surface area contributed by atoms with Gasteiger partial charge in [0.1, 0.15) is 0 Å². The molecule has 21 heavy (non-hydrogen) atoms. The number of carboxylic acids is 1.